The SMILES string of the molecule is COc1cc(N(c2c(C#N)cnc3cc(OCCCN4CCN(C)CC4)c(OC)cc23)C(C)(C)C)c(Cl)cc1Cl. The first-order valence-electron chi connectivity index (χ1n) is 13.3. The van der Waals surface area contributed by atoms with E-state index >= 15 is 0 Å². The molecule has 10 heteroatoms. The van der Waals surface area contributed by atoms with E-state index < -0.39 is 5.54 Å². The minimum absolute atomic E-state index is 0.398. The van der Waals surface area contributed by atoms with E-state index in [1.54, 1.807) is 32.5 Å². The second kappa shape index (κ2) is 12.7. The van der Waals surface area contributed by atoms with Crippen LogP contribution in [0, 0.1) is 11.3 Å². The summed E-state index contributed by atoms with van der Waals surface area (Å²) in [6.07, 6.45) is 2.49. The Morgan fingerprint density at radius 1 is 0.975 bits per heavy atom. The number of benzene rings is 2. The van der Waals surface area contributed by atoms with Crippen LogP contribution in [0.2, 0.25) is 10.0 Å². The highest BCUT2D eigenvalue weighted by atomic mass is 35.5. The lowest BCUT2D eigenvalue weighted by molar-refractivity contribution is 0.145. The summed E-state index contributed by atoms with van der Waals surface area (Å²) in [5, 5.41) is 11.7. The van der Waals surface area contributed by atoms with Crippen molar-refractivity contribution in [2.24, 2.45) is 0 Å². The Morgan fingerprint density at radius 3 is 2.30 bits per heavy atom. The van der Waals surface area contributed by atoms with Gasteiger partial charge in [0.25, 0.3) is 0 Å². The summed E-state index contributed by atoms with van der Waals surface area (Å²) >= 11 is 13.1. The first-order chi connectivity index (χ1) is 19.1. The zero-order valence-electron chi connectivity index (χ0n) is 24.1. The number of likely N-dealkylation sites (N-methyl/N-ethyl adjacent to an activating group) is 1. The average Bonchev–Trinajstić information content (AvgIpc) is 2.92. The van der Waals surface area contributed by atoms with Gasteiger partial charge in [0.15, 0.2) is 11.5 Å². The van der Waals surface area contributed by atoms with E-state index in [2.05, 4.69) is 27.9 Å². The van der Waals surface area contributed by atoms with Crippen LogP contribution in [0.3, 0.4) is 0 Å². The molecule has 3 aromatic rings. The van der Waals surface area contributed by atoms with Gasteiger partial charge < -0.3 is 28.9 Å². The standard InChI is InChI=1S/C30H37Cl2N5O3/c1-30(2,3)37(25-17-26(38-5)23(32)15-22(25)31)29-20(18-33)19-34-24-16-28(27(39-6)14-21(24)29)40-13-7-8-36-11-9-35(4)10-12-36/h14-17,19H,7-13H2,1-6H3. The van der Waals surface area contributed by atoms with Gasteiger partial charge in [-0.25, -0.2) is 0 Å². The van der Waals surface area contributed by atoms with E-state index in [9.17, 15) is 5.26 Å². The van der Waals surface area contributed by atoms with Crippen LogP contribution in [0.25, 0.3) is 10.9 Å². The number of halogens is 2. The number of aromatic nitrogens is 1. The van der Waals surface area contributed by atoms with Crippen LogP contribution in [0.4, 0.5) is 11.4 Å². The highest BCUT2D eigenvalue weighted by molar-refractivity contribution is 6.37. The second-order valence-corrected chi connectivity index (χ2v) is 11.8. The van der Waals surface area contributed by atoms with E-state index in [4.69, 9.17) is 37.4 Å². The lowest BCUT2D eigenvalue weighted by Gasteiger charge is -2.39. The third-order valence-corrected chi connectivity index (χ3v) is 7.67. The van der Waals surface area contributed by atoms with Gasteiger partial charge in [-0.2, -0.15) is 5.26 Å². The molecule has 1 aliphatic heterocycles. The van der Waals surface area contributed by atoms with E-state index in [1.807, 2.05) is 37.8 Å². The van der Waals surface area contributed by atoms with Crippen LogP contribution in [-0.2, 0) is 0 Å². The zero-order chi connectivity index (χ0) is 29.0. The monoisotopic (exact) mass is 585 g/mol. The summed E-state index contributed by atoms with van der Waals surface area (Å²) in [7, 11) is 5.33. The Labute approximate surface area is 246 Å². The quantitative estimate of drug-likeness (QED) is 0.268. The van der Waals surface area contributed by atoms with E-state index in [0.29, 0.717) is 56.4 Å². The molecule has 0 radical (unpaired) electrons. The predicted molar refractivity (Wildman–Crippen MR) is 162 cm³/mol. The number of piperazine rings is 1. The second-order valence-electron chi connectivity index (χ2n) is 10.9. The molecule has 1 aliphatic rings. The number of hydrogen-bond donors (Lipinski definition) is 0. The Morgan fingerprint density at radius 2 is 1.68 bits per heavy atom. The van der Waals surface area contributed by atoms with Crippen LogP contribution in [0.15, 0.2) is 30.5 Å². The molecule has 8 nitrogen and oxygen atoms in total. The molecule has 214 valence electrons. The first-order valence-corrected chi connectivity index (χ1v) is 14.1. The molecule has 0 saturated carbocycles. The number of rotatable bonds is 9. The molecule has 0 aliphatic carbocycles. The van der Waals surface area contributed by atoms with Crippen molar-refractivity contribution in [2.45, 2.75) is 32.7 Å². The topological polar surface area (TPSA) is 74.1 Å². The maximum absolute atomic E-state index is 10.1. The lowest BCUT2D eigenvalue weighted by atomic mass is 9.99. The summed E-state index contributed by atoms with van der Waals surface area (Å²) in [6, 6.07) is 9.51. The molecule has 1 saturated heterocycles. The summed E-state index contributed by atoms with van der Waals surface area (Å²) in [6.45, 7) is 12.0. The van der Waals surface area contributed by atoms with Crippen molar-refractivity contribution in [1.29, 1.82) is 5.26 Å². The highest BCUT2D eigenvalue weighted by Crippen LogP contribution is 2.47. The third-order valence-electron chi connectivity index (χ3n) is 7.07. The van der Waals surface area contributed by atoms with Crippen molar-refractivity contribution in [1.82, 2.24) is 14.8 Å². The van der Waals surface area contributed by atoms with Crippen molar-refractivity contribution in [3.8, 4) is 23.3 Å². The normalized spacial score (nSPS) is 14.7. The number of ether oxygens (including phenoxy) is 3. The number of nitriles is 1. The van der Waals surface area contributed by atoms with Gasteiger partial charge in [-0.05, 0) is 46.4 Å². The van der Waals surface area contributed by atoms with E-state index in [1.165, 1.54) is 0 Å². The van der Waals surface area contributed by atoms with Gasteiger partial charge in [0.1, 0.15) is 11.8 Å². The Kier molecular flexibility index (Phi) is 9.52. The molecular weight excluding hydrogens is 549 g/mol. The van der Waals surface area contributed by atoms with Gasteiger partial charge >= 0.3 is 0 Å². The summed E-state index contributed by atoms with van der Waals surface area (Å²) < 4.78 is 17.4. The van der Waals surface area contributed by atoms with Gasteiger partial charge in [-0.3, -0.25) is 4.98 Å². The van der Waals surface area contributed by atoms with Crippen molar-refractivity contribution >= 4 is 45.5 Å². The molecule has 1 fully saturated rings. The van der Waals surface area contributed by atoms with Crippen LogP contribution >= 0.6 is 23.2 Å². The molecule has 4 rings (SSSR count). The molecule has 0 spiro atoms. The largest absolute Gasteiger partial charge is 0.495 e. The van der Waals surface area contributed by atoms with Crippen molar-refractivity contribution in [2.75, 3.05) is 65.5 Å². The van der Waals surface area contributed by atoms with Crippen LogP contribution < -0.4 is 19.1 Å². The molecule has 0 atom stereocenters. The number of anilines is 2. The number of pyridine rings is 1. The zero-order valence-corrected chi connectivity index (χ0v) is 25.6. The smallest absolute Gasteiger partial charge is 0.163 e. The third kappa shape index (κ3) is 6.50. The molecule has 0 amide bonds. The molecule has 1 aromatic heterocycles. The van der Waals surface area contributed by atoms with E-state index in [0.717, 1.165) is 44.5 Å². The predicted octanol–water partition coefficient (Wildman–Crippen LogP) is 6.38. The molecular formula is C30H37Cl2N5O3. The number of methoxy groups -OCH3 is 2. The Hall–Kier alpha value is -2.96. The fraction of sp³-hybridized carbons (Fsp3) is 0.467. The van der Waals surface area contributed by atoms with Crippen molar-refractivity contribution < 1.29 is 14.2 Å². The molecule has 40 heavy (non-hydrogen) atoms. The number of nitrogens with zero attached hydrogens (tertiary/aromatic N) is 5. The fourth-order valence-corrected chi connectivity index (χ4v) is 5.53. The van der Waals surface area contributed by atoms with Crippen molar-refractivity contribution in [3.63, 3.8) is 0 Å². The van der Waals surface area contributed by atoms with Crippen molar-refractivity contribution in [3.05, 3.63) is 46.1 Å². The molecule has 0 bridgehead atoms. The Balaban J connectivity index is 1.73. The summed E-state index contributed by atoms with van der Waals surface area (Å²) in [4.78, 5) is 11.4. The molecule has 2 aromatic carbocycles. The Bertz CT molecular complexity index is 1400. The van der Waals surface area contributed by atoms with Gasteiger partial charge in [0, 0.05) is 62.0 Å². The van der Waals surface area contributed by atoms with Gasteiger partial charge in [0.05, 0.1) is 53.3 Å². The van der Waals surface area contributed by atoms with Crippen LogP contribution in [0.5, 0.6) is 17.2 Å². The molecule has 2 heterocycles. The summed E-state index contributed by atoms with van der Waals surface area (Å²) in [5.74, 6) is 1.67. The summed E-state index contributed by atoms with van der Waals surface area (Å²) in [5.41, 5.74) is 1.90. The highest BCUT2D eigenvalue weighted by Gasteiger charge is 2.31. The lowest BCUT2D eigenvalue weighted by Crippen LogP contribution is -2.44. The number of fused-ring (bicyclic) bond motifs is 1. The average molecular weight is 587 g/mol. The van der Waals surface area contributed by atoms with Gasteiger partial charge in [-0.1, -0.05) is 23.2 Å². The molecule has 0 unspecified atom stereocenters. The number of hydrogen-bond acceptors (Lipinski definition) is 8. The fourth-order valence-electron chi connectivity index (χ4n) is 4.99. The van der Waals surface area contributed by atoms with Gasteiger partial charge in [-0.15, -0.1) is 0 Å². The van der Waals surface area contributed by atoms with Crippen LogP contribution in [-0.4, -0.2) is 80.9 Å². The maximum atomic E-state index is 10.1. The minimum Gasteiger partial charge on any atom is -0.495 e. The van der Waals surface area contributed by atoms with Crippen LogP contribution in [0.1, 0.15) is 32.8 Å². The van der Waals surface area contributed by atoms with E-state index in [-0.39, 0.29) is 0 Å². The molecule has 0 N–H and O–H groups in total. The van der Waals surface area contributed by atoms with Gasteiger partial charge in [0.2, 0.25) is 0 Å². The first kappa shape index (κ1) is 30.0. The minimum atomic E-state index is -0.492. The maximum Gasteiger partial charge on any atom is 0.163 e.